The van der Waals surface area contributed by atoms with Crippen LogP contribution in [0.1, 0.15) is 5.69 Å². The van der Waals surface area contributed by atoms with E-state index < -0.39 is 0 Å². The summed E-state index contributed by atoms with van der Waals surface area (Å²) < 4.78 is 14.8. The Morgan fingerprint density at radius 1 is 1.00 bits per heavy atom. The van der Waals surface area contributed by atoms with Gasteiger partial charge in [-0.15, -0.1) is 0 Å². The van der Waals surface area contributed by atoms with E-state index in [0.29, 0.717) is 17.0 Å². The summed E-state index contributed by atoms with van der Waals surface area (Å²) in [5.74, 6) is -0.324. The molecule has 0 atom stereocenters. The molecule has 1 heterocycles. The van der Waals surface area contributed by atoms with Crippen molar-refractivity contribution in [2.75, 3.05) is 0 Å². The van der Waals surface area contributed by atoms with Crippen LogP contribution in [0.3, 0.4) is 0 Å². The number of aromatic nitrogens is 2. The topological polar surface area (TPSA) is 41.6 Å². The maximum Gasteiger partial charge on any atom is 0.144 e. The molecule has 0 spiro atoms. The van der Waals surface area contributed by atoms with Crippen molar-refractivity contribution in [3.63, 3.8) is 0 Å². The molecule has 0 aliphatic rings. The summed E-state index contributed by atoms with van der Waals surface area (Å²) in [6.07, 6.45) is 0. The van der Waals surface area contributed by atoms with Gasteiger partial charge in [-0.05, 0) is 24.3 Å². The first-order valence-corrected chi connectivity index (χ1v) is 6.09. The molecule has 1 aromatic heterocycles. The van der Waals surface area contributed by atoms with Crippen molar-refractivity contribution in [1.29, 1.82) is 5.26 Å². The zero-order chi connectivity index (χ0) is 13.9. The molecule has 0 saturated carbocycles. The molecule has 0 aliphatic carbocycles. The summed E-state index contributed by atoms with van der Waals surface area (Å²) in [5.41, 5.74) is 2.43. The summed E-state index contributed by atoms with van der Waals surface area (Å²) in [6.45, 7) is 0. The van der Waals surface area contributed by atoms with E-state index in [0.717, 1.165) is 5.69 Å². The van der Waals surface area contributed by atoms with E-state index in [1.807, 2.05) is 30.3 Å². The van der Waals surface area contributed by atoms with E-state index in [1.54, 1.807) is 22.9 Å². The van der Waals surface area contributed by atoms with Gasteiger partial charge in [0.25, 0.3) is 0 Å². The minimum atomic E-state index is -0.324. The average Bonchev–Trinajstić information content (AvgIpc) is 2.92. The number of halogens is 1. The number of benzene rings is 2. The second-order valence-electron chi connectivity index (χ2n) is 4.28. The summed E-state index contributed by atoms with van der Waals surface area (Å²) in [5, 5.41) is 13.6. The predicted molar refractivity (Wildman–Crippen MR) is 73.7 cm³/mol. The third-order valence-corrected chi connectivity index (χ3v) is 2.95. The van der Waals surface area contributed by atoms with E-state index in [2.05, 4.69) is 11.2 Å². The maximum absolute atomic E-state index is 13.3. The fourth-order valence-electron chi connectivity index (χ4n) is 2.02. The monoisotopic (exact) mass is 263 g/mol. The molecule has 2 aromatic carbocycles. The van der Waals surface area contributed by atoms with Gasteiger partial charge in [-0.3, -0.25) is 0 Å². The average molecular weight is 263 g/mol. The third-order valence-electron chi connectivity index (χ3n) is 2.95. The first-order valence-electron chi connectivity index (χ1n) is 6.09. The SMILES string of the molecule is N#Cc1cc(-c2cccc(F)c2)nn1-c1ccccc1. The van der Waals surface area contributed by atoms with E-state index in [-0.39, 0.29) is 5.82 Å². The summed E-state index contributed by atoms with van der Waals surface area (Å²) in [7, 11) is 0. The van der Waals surface area contributed by atoms with Gasteiger partial charge in [0.1, 0.15) is 17.6 Å². The molecule has 0 bridgehead atoms. The predicted octanol–water partition coefficient (Wildman–Crippen LogP) is 3.55. The Morgan fingerprint density at radius 2 is 1.80 bits per heavy atom. The smallest absolute Gasteiger partial charge is 0.144 e. The Hall–Kier alpha value is -2.93. The van der Waals surface area contributed by atoms with Gasteiger partial charge in [0, 0.05) is 11.6 Å². The molecule has 3 aromatic rings. The second kappa shape index (κ2) is 4.98. The Kier molecular flexibility index (Phi) is 3.02. The molecule has 0 N–H and O–H groups in total. The zero-order valence-corrected chi connectivity index (χ0v) is 10.5. The highest BCUT2D eigenvalue weighted by molar-refractivity contribution is 5.61. The lowest BCUT2D eigenvalue weighted by Crippen LogP contribution is -1.98. The van der Waals surface area contributed by atoms with Crippen molar-refractivity contribution in [2.45, 2.75) is 0 Å². The lowest BCUT2D eigenvalue weighted by Gasteiger charge is -2.01. The lowest BCUT2D eigenvalue weighted by molar-refractivity contribution is 0.628. The van der Waals surface area contributed by atoms with Crippen molar-refractivity contribution in [3.05, 3.63) is 72.2 Å². The molecule has 0 amide bonds. The number of para-hydroxylation sites is 1. The van der Waals surface area contributed by atoms with Crippen LogP contribution in [0.2, 0.25) is 0 Å². The number of hydrogen-bond donors (Lipinski definition) is 0. The van der Waals surface area contributed by atoms with Gasteiger partial charge in [0.05, 0.1) is 11.4 Å². The lowest BCUT2D eigenvalue weighted by atomic mass is 10.1. The maximum atomic E-state index is 13.3. The molecule has 0 aliphatic heterocycles. The Bertz CT molecular complexity index is 785. The van der Waals surface area contributed by atoms with Crippen LogP contribution in [0.25, 0.3) is 16.9 Å². The van der Waals surface area contributed by atoms with Gasteiger partial charge in [-0.2, -0.15) is 10.4 Å². The number of hydrogen-bond acceptors (Lipinski definition) is 2. The first kappa shape index (κ1) is 12.1. The van der Waals surface area contributed by atoms with E-state index in [1.165, 1.54) is 12.1 Å². The highest BCUT2D eigenvalue weighted by Crippen LogP contribution is 2.21. The molecule has 0 radical (unpaired) electrons. The van der Waals surface area contributed by atoms with Crippen LogP contribution in [0, 0.1) is 17.1 Å². The van der Waals surface area contributed by atoms with Gasteiger partial charge in [0.15, 0.2) is 0 Å². The Balaban J connectivity index is 2.13. The van der Waals surface area contributed by atoms with Crippen LogP contribution in [0.5, 0.6) is 0 Å². The van der Waals surface area contributed by atoms with Crippen LogP contribution in [-0.4, -0.2) is 9.78 Å². The van der Waals surface area contributed by atoms with Crippen molar-refractivity contribution in [1.82, 2.24) is 9.78 Å². The van der Waals surface area contributed by atoms with Gasteiger partial charge in [-0.25, -0.2) is 9.07 Å². The van der Waals surface area contributed by atoms with Crippen LogP contribution in [0.4, 0.5) is 4.39 Å². The molecular formula is C16H10FN3. The number of nitriles is 1. The third kappa shape index (κ3) is 2.17. The van der Waals surface area contributed by atoms with Crippen molar-refractivity contribution >= 4 is 0 Å². The van der Waals surface area contributed by atoms with E-state index >= 15 is 0 Å². The number of nitrogens with zero attached hydrogens (tertiary/aromatic N) is 3. The molecule has 0 unspecified atom stereocenters. The molecule has 3 nitrogen and oxygen atoms in total. The minimum absolute atomic E-state index is 0.324. The van der Waals surface area contributed by atoms with Crippen molar-refractivity contribution in [3.8, 4) is 23.0 Å². The van der Waals surface area contributed by atoms with Crippen LogP contribution >= 0.6 is 0 Å². The standard InChI is InChI=1S/C16H10FN3/c17-13-6-4-5-12(9-13)16-10-15(11-18)20(19-16)14-7-2-1-3-8-14/h1-10H. The summed E-state index contributed by atoms with van der Waals surface area (Å²) in [4.78, 5) is 0. The molecule has 3 rings (SSSR count). The molecule has 20 heavy (non-hydrogen) atoms. The molecule has 0 saturated heterocycles. The molecule has 4 heteroatoms. The highest BCUT2D eigenvalue weighted by Gasteiger charge is 2.11. The van der Waals surface area contributed by atoms with E-state index in [9.17, 15) is 9.65 Å². The molecule has 96 valence electrons. The van der Waals surface area contributed by atoms with Crippen LogP contribution in [-0.2, 0) is 0 Å². The quantitative estimate of drug-likeness (QED) is 0.709. The Morgan fingerprint density at radius 3 is 2.50 bits per heavy atom. The second-order valence-corrected chi connectivity index (χ2v) is 4.28. The first-order chi connectivity index (χ1) is 9.78. The van der Waals surface area contributed by atoms with Crippen LogP contribution in [0.15, 0.2) is 60.7 Å². The molecular weight excluding hydrogens is 253 g/mol. The van der Waals surface area contributed by atoms with Crippen molar-refractivity contribution < 1.29 is 4.39 Å². The van der Waals surface area contributed by atoms with Crippen LogP contribution < -0.4 is 0 Å². The number of rotatable bonds is 2. The van der Waals surface area contributed by atoms with Gasteiger partial charge in [-0.1, -0.05) is 30.3 Å². The normalized spacial score (nSPS) is 10.2. The molecule has 0 fully saturated rings. The van der Waals surface area contributed by atoms with E-state index in [4.69, 9.17) is 0 Å². The van der Waals surface area contributed by atoms with Gasteiger partial charge < -0.3 is 0 Å². The zero-order valence-electron chi connectivity index (χ0n) is 10.5. The fraction of sp³-hybridized carbons (Fsp3) is 0. The highest BCUT2D eigenvalue weighted by atomic mass is 19.1. The summed E-state index contributed by atoms with van der Waals surface area (Å²) in [6, 6.07) is 19.3. The Labute approximate surface area is 115 Å². The largest absolute Gasteiger partial charge is 0.222 e. The van der Waals surface area contributed by atoms with Gasteiger partial charge >= 0.3 is 0 Å². The fourth-order valence-corrected chi connectivity index (χ4v) is 2.02. The summed E-state index contributed by atoms with van der Waals surface area (Å²) >= 11 is 0. The van der Waals surface area contributed by atoms with Gasteiger partial charge in [0.2, 0.25) is 0 Å². The minimum Gasteiger partial charge on any atom is -0.222 e. The van der Waals surface area contributed by atoms with Crippen molar-refractivity contribution in [2.24, 2.45) is 0 Å².